The summed E-state index contributed by atoms with van der Waals surface area (Å²) in [6, 6.07) is 11.4. The van der Waals surface area contributed by atoms with E-state index in [1.165, 1.54) is 16.6 Å². The Balaban J connectivity index is 1.86. The maximum Gasteiger partial charge on any atom is 0.267 e. The molecule has 1 aliphatic rings. The number of nitrogens with one attached hydrogen (secondary N) is 1. The number of halogens is 1. The SMILES string of the molecule is NC(=O)c1cccc([C@H]2CCCc3c2[nH]c2ccc(Cl)cc32)n1. The van der Waals surface area contributed by atoms with Crippen LogP contribution in [0.3, 0.4) is 0 Å². The van der Waals surface area contributed by atoms with Gasteiger partial charge in [-0.05, 0) is 55.2 Å². The molecule has 0 fully saturated rings. The lowest BCUT2D eigenvalue weighted by Crippen LogP contribution is -2.17. The number of aryl methyl sites for hydroxylation is 1. The van der Waals surface area contributed by atoms with Gasteiger partial charge in [-0.1, -0.05) is 17.7 Å². The molecule has 1 amide bonds. The molecule has 4 rings (SSSR count). The molecule has 1 aliphatic carbocycles. The fraction of sp³-hybridized carbons (Fsp3) is 0.222. The molecule has 116 valence electrons. The molecule has 3 N–H and O–H groups in total. The number of aromatic amines is 1. The van der Waals surface area contributed by atoms with Gasteiger partial charge in [0.1, 0.15) is 5.69 Å². The van der Waals surface area contributed by atoms with Crippen LogP contribution in [-0.4, -0.2) is 15.9 Å². The lowest BCUT2D eigenvalue weighted by atomic mass is 9.84. The molecular formula is C18H16ClN3O. The summed E-state index contributed by atoms with van der Waals surface area (Å²) in [5, 5.41) is 1.93. The average molecular weight is 326 g/mol. The standard InChI is InChI=1S/C18H16ClN3O/c19-10-7-8-15-13(9-10)11-3-1-4-12(17(11)22-15)14-5-2-6-16(21-14)18(20)23/h2,5-9,12,22H,1,3-4H2,(H2,20,23)/t12-/m1/s1. The fourth-order valence-electron chi connectivity index (χ4n) is 3.51. The zero-order valence-corrected chi connectivity index (χ0v) is 13.2. The van der Waals surface area contributed by atoms with E-state index < -0.39 is 5.91 Å². The largest absolute Gasteiger partial charge is 0.364 e. The van der Waals surface area contributed by atoms with Crippen LogP contribution in [0, 0.1) is 0 Å². The van der Waals surface area contributed by atoms with Crippen LogP contribution < -0.4 is 5.73 Å². The summed E-state index contributed by atoms with van der Waals surface area (Å²) in [7, 11) is 0. The number of hydrogen-bond donors (Lipinski definition) is 2. The van der Waals surface area contributed by atoms with E-state index in [0.29, 0.717) is 5.69 Å². The molecule has 0 radical (unpaired) electrons. The molecular weight excluding hydrogens is 310 g/mol. The highest BCUT2D eigenvalue weighted by atomic mass is 35.5. The molecule has 0 unspecified atom stereocenters. The number of carbonyl (C=O) groups excluding carboxylic acids is 1. The number of H-pyrrole nitrogens is 1. The van der Waals surface area contributed by atoms with E-state index in [1.807, 2.05) is 30.3 Å². The Labute approximate surface area is 138 Å². The minimum atomic E-state index is -0.494. The number of carbonyl (C=O) groups is 1. The van der Waals surface area contributed by atoms with E-state index in [0.717, 1.165) is 35.5 Å². The van der Waals surface area contributed by atoms with Crippen molar-refractivity contribution in [1.29, 1.82) is 0 Å². The molecule has 5 heteroatoms. The van der Waals surface area contributed by atoms with E-state index in [1.54, 1.807) is 6.07 Å². The second-order valence-corrected chi connectivity index (χ2v) is 6.40. The van der Waals surface area contributed by atoms with E-state index >= 15 is 0 Å². The van der Waals surface area contributed by atoms with Crippen molar-refractivity contribution in [3.8, 4) is 0 Å². The number of rotatable bonds is 2. The van der Waals surface area contributed by atoms with Crippen LogP contribution in [0.4, 0.5) is 0 Å². The van der Waals surface area contributed by atoms with Crippen LogP contribution in [0.15, 0.2) is 36.4 Å². The zero-order chi connectivity index (χ0) is 16.0. The Morgan fingerprint density at radius 2 is 2.17 bits per heavy atom. The highest BCUT2D eigenvalue weighted by Crippen LogP contribution is 2.39. The van der Waals surface area contributed by atoms with Gasteiger partial charge in [-0.2, -0.15) is 0 Å². The van der Waals surface area contributed by atoms with Crippen molar-refractivity contribution in [3.05, 3.63) is 64.1 Å². The molecule has 1 aromatic carbocycles. The van der Waals surface area contributed by atoms with Crippen LogP contribution in [0.25, 0.3) is 10.9 Å². The van der Waals surface area contributed by atoms with Gasteiger partial charge in [0.15, 0.2) is 0 Å². The Kier molecular flexibility index (Phi) is 3.34. The maximum absolute atomic E-state index is 11.4. The van der Waals surface area contributed by atoms with Gasteiger partial charge in [-0.25, -0.2) is 4.98 Å². The van der Waals surface area contributed by atoms with Crippen molar-refractivity contribution in [2.24, 2.45) is 5.73 Å². The van der Waals surface area contributed by atoms with Crippen LogP contribution in [0.5, 0.6) is 0 Å². The van der Waals surface area contributed by atoms with Gasteiger partial charge in [0.2, 0.25) is 0 Å². The number of fused-ring (bicyclic) bond motifs is 3. The van der Waals surface area contributed by atoms with Crippen LogP contribution in [-0.2, 0) is 6.42 Å². The van der Waals surface area contributed by atoms with Crippen LogP contribution >= 0.6 is 11.6 Å². The minimum Gasteiger partial charge on any atom is -0.364 e. The molecule has 3 aromatic rings. The van der Waals surface area contributed by atoms with Crippen molar-refractivity contribution in [1.82, 2.24) is 9.97 Å². The van der Waals surface area contributed by atoms with Crippen molar-refractivity contribution in [2.75, 3.05) is 0 Å². The number of amides is 1. The van der Waals surface area contributed by atoms with Crippen LogP contribution in [0.2, 0.25) is 5.02 Å². The van der Waals surface area contributed by atoms with Crippen molar-refractivity contribution in [2.45, 2.75) is 25.2 Å². The highest BCUT2D eigenvalue weighted by Gasteiger charge is 2.27. The lowest BCUT2D eigenvalue weighted by molar-refractivity contribution is 0.0995. The van der Waals surface area contributed by atoms with Gasteiger partial charge >= 0.3 is 0 Å². The number of aromatic nitrogens is 2. The molecule has 0 saturated carbocycles. The summed E-state index contributed by atoms with van der Waals surface area (Å²) >= 11 is 6.15. The Bertz CT molecular complexity index is 916. The van der Waals surface area contributed by atoms with E-state index in [2.05, 4.69) is 9.97 Å². The molecule has 0 aliphatic heterocycles. The molecule has 23 heavy (non-hydrogen) atoms. The van der Waals surface area contributed by atoms with Crippen molar-refractivity contribution < 1.29 is 4.79 Å². The second kappa shape index (κ2) is 5.39. The predicted molar refractivity (Wildman–Crippen MR) is 90.8 cm³/mol. The first-order chi connectivity index (χ1) is 11.1. The highest BCUT2D eigenvalue weighted by molar-refractivity contribution is 6.31. The third-order valence-corrected chi connectivity index (χ3v) is 4.78. The number of benzene rings is 1. The average Bonchev–Trinajstić information content (AvgIpc) is 2.93. The quantitative estimate of drug-likeness (QED) is 0.752. The topological polar surface area (TPSA) is 71.8 Å². The summed E-state index contributed by atoms with van der Waals surface area (Å²) in [5.41, 5.74) is 10.2. The van der Waals surface area contributed by atoms with Gasteiger partial charge in [0.05, 0.1) is 5.69 Å². The summed E-state index contributed by atoms with van der Waals surface area (Å²) in [4.78, 5) is 19.4. The fourth-order valence-corrected chi connectivity index (χ4v) is 3.69. The Morgan fingerprint density at radius 1 is 1.30 bits per heavy atom. The van der Waals surface area contributed by atoms with Gasteiger partial charge in [-0.15, -0.1) is 0 Å². The zero-order valence-electron chi connectivity index (χ0n) is 12.5. The first-order valence-corrected chi connectivity index (χ1v) is 8.08. The van der Waals surface area contributed by atoms with E-state index in [-0.39, 0.29) is 5.92 Å². The molecule has 4 nitrogen and oxygen atoms in total. The normalized spacial score (nSPS) is 17.2. The first-order valence-electron chi connectivity index (χ1n) is 7.70. The van der Waals surface area contributed by atoms with Crippen molar-refractivity contribution in [3.63, 3.8) is 0 Å². The van der Waals surface area contributed by atoms with Gasteiger partial charge in [0, 0.05) is 27.5 Å². The smallest absolute Gasteiger partial charge is 0.267 e. The van der Waals surface area contributed by atoms with Gasteiger partial charge < -0.3 is 10.7 Å². The van der Waals surface area contributed by atoms with Gasteiger partial charge in [-0.3, -0.25) is 4.79 Å². The summed E-state index contributed by atoms with van der Waals surface area (Å²) < 4.78 is 0. The third-order valence-electron chi connectivity index (χ3n) is 4.55. The summed E-state index contributed by atoms with van der Waals surface area (Å²) in [5.74, 6) is -0.337. The molecule has 2 aromatic heterocycles. The lowest BCUT2D eigenvalue weighted by Gasteiger charge is -2.22. The predicted octanol–water partition coefficient (Wildman–Crippen LogP) is 3.78. The molecule has 0 spiro atoms. The Hall–Kier alpha value is -2.33. The number of nitrogens with two attached hydrogens (primary N) is 1. The third kappa shape index (κ3) is 2.39. The van der Waals surface area contributed by atoms with E-state index in [4.69, 9.17) is 17.3 Å². The van der Waals surface area contributed by atoms with Crippen LogP contribution in [0.1, 0.15) is 46.2 Å². The van der Waals surface area contributed by atoms with Gasteiger partial charge in [0.25, 0.3) is 5.91 Å². The molecule has 0 saturated heterocycles. The number of hydrogen-bond acceptors (Lipinski definition) is 2. The molecule has 1 atom stereocenters. The first kappa shape index (κ1) is 14.3. The summed E-state index contributed by atoms with van der Waals surface area (Å²) in [6.07, 6.45) is 3.12. The maximum atomic E-state index is 11.4. The Morgan fingerprint density at radius 3 is 3.00 bits per heavy atom. The van der Waals surface area contributed by atoms with E-state index in [9.17, 15) is 4.79 Å². The molecule has 0 bridgehead atoms. The number of pyridine rings is 1. The monoisotopic (exact) mass is 325 g/mol. The summed E-state index contributed by atoms with van der Waals surface area (Å²) in [6.45, 7) is 0. The second-order valence-electron chi connectivity index (χ2n) is 5.96. The number of primary amides is 1. The minimum absolute atomic E-state index is 0.157. The number of nitrogens with zero attached hydrogens (tertiary/aromatic N) is 1. The molecule has 2 heterocycles. The van der Waals surface area contributed by atoms with Crippen molar-refractivity contribution >= 4 is 28.4 Å².